The fourth-order valence-electron chi connectivity index (χ4n) is 1.75. The summed E-state index contributed by atoms with van der Waals surface area (Å²) in [4.78, 5) is 36.3. The van der Waals surface area contributed by atoms with Crippen LogP contribution in [-0.4, -0.2) is 48.4 Å². The summed E-state index contributed by atoms with van der Waals surface area (Å²) in [6, 6.07) is 2.22. The van der Waals surface area contributed by atoms with Gasteiger partial charge in [-0.2, -0.15) is 0 Å². The molecule has 24 heavy (non-hydrogen) atoms. The maximum atomic E-state index is 13.0. The Morgan fingerprint density at radius 1 is 1.12 bits per heavy atom. The van der Waals surface area contributed by atoms with Crippen LogP contribution < -0.4 is 5.32 Å². The summed E-state index contributed by atoms with van der Waals surface area (Å²) in [7, 11) is 1.38. The third-order valence-electron chi connectivity index (χ3n) is 2.75. The molecule has 1 aromatic rings. The highest BCUT2D eigenvalue weighted by molar-refractivity contribution is 5.92. The number of ether oxygens (including phenoxy) is 1. The van der Waals surface area contributed by atoms with E-state index in [1.54, 1.807) is 20.8 Å². The summed E-state index contributed by atoms with van der Waals surface area (Å²) in [6.07, 6.45) is 0. The van der Waals surface area contributed by atoms with Crippen LogP contribution in [0.4, 0.5) is 8.78 Å². The number of hydrogen-bond acceptors (Lipinski definition) is 4. The van der Waals surface area contributed by atoms with Gasteiger partial charge in [-0.15, -0.1) is 0 Å². The quantitative estimate of drug-likeness (QED) is 0.823. The number of carbonyl (C=O) groups excluding carboxylic acids is 3. The zero-order chi connectivity index (χ0) is 18.5. The molecule has 0 fully saturated rings. The van der Waals surface area contributed by atoms with E-state index in [4.69, 9.17) is 4.74 Å². The monoisotopic (exact) mass is 342 g/mol. The van der Waals surface area contributed by atoms with Gasteiger partial charge >= 0.3 is 5.97 Å². The Hall–Kier alpha value is -2.51. The molecule has 2 amide bonds. The van der Waals surface area contributed by atoms with Crippen LogP contribution in [0.25, 0.3) is 0 Å². The molecule has 0 heterocycles. The molecule has 0 aliphatic heterocycles. The number of halogens is 2. The van der Waals surface area contributed by atoms with E-state index in [-0.39, 0.29) is 18.0 Å². The van der Waals surface area contributed by atoms with Gasteiger partial charge < -0.3 is 15.0 Å². The van der Waals surface area contributed by atoms with Crippen molar-refractivity contribution in [3.8, 4) is 0 Å². The van der Waals surface area contributed by atoms with Gasteiger partial charge in [-0.1, -0.05) is 0 Å². The fraction of sp³-hybridized carbons (Fsp3) is 0.438. The molecule has 0 saturated heterocycles. The predicted molar refractivity (Wildman–Crippen MR) is 82.2 cm³/mol. The van der Waals surface area contributed by atoms with Crippen LogP contribution in [0.3, 0.4) is 0 Å². The Morgan fingerprint density at radius 2 is 1.67 bits per heavy atom. The van der Waals surface area contributed by atoms with E-state index in [0.717, 1.165) is 17.0 Å². The molecule has 0 aromatic heterocycles. The number of rotatable bonds is 5. The first-order valence-corrected chi connectivity index (χ1v) is 7.16. The van der Waals surface area contributed by atoms with E-state index in [0.29, 0.717) is 6.07 Å². The molecule has 1 aromatic carbocycles. The molecule has 6 nitrogen and oxygen atoms in total. The number of hydrogen-bond donors (Lipinski definition) is 1. The van der Waals surface area contributed by atoms with Crippen molar-refractivity contribution >= 4 is 17.8 Å². The molecular weight excluding hydrogens is 322 g/mol. The highest BCUT2D eigenvalue weighted by Gasteiger charge is 2.19. The molecule has 0 bridgehead atoms. The lowest BCUT2D eigenvalue weighted by atomic mass is 10.1. The summed E-state index contributed by atoms with van der Waals surface area (Å²) in [5.74, 6) is -3.87. The average molecular weight is 342 g/mol. The van der Waals surface area contributed by atoms with Gasteiger partial charge in [0.1, 0.15) is 11.6 Å². The van der Waals surface area contributed by atoms with Crippen molar-refractivity contribution in [3.05, 3.63) is 35.4 Å². The van der Waals surface area contributed by atoms with Crippen molar-refractivity contribution in [2.45, 2.75) is 26.3 Å². The van der Waals surface area contributed by atoms with Gasteiger partial charge in [0.2, 0.25) is 5.91 Å². The van der Waals surface area contributed by atoms with Crippen LogP contribution in [0.15, 0.2) is 18.2 Å². The first kappa shape index (κ1) is 19.5. The number of carbonyl (C=O) groups is 3. The molecule has 0 atom stereocenters. The molecule has 132 valence electrons. The molecular formula is C16H20F2N2O4. The number of nitrogens with zero attached hydrogens (tertiary/aromatic N) is 1. The van der Waals surface area contributed by atoms with Gasteiger partial charge in [-0.25, -0.2) is 13.6 Å². The van der Waals surface area contributed by atoms with Crippen LogP contribution in [0.2, 0.25) is 0 Å². The second-order valence-electron chi connectivity index (χ2n) is 6.28. The molecule has 0 aliphatic carbocycles. The maximum absolute atomic E-state index is 13.0. The number of amides is 2. The van der Waals surface area contributed by atoms with Crippen LogP contribution in [0.1, 0.15) is 31.1 Å². The van der Waals surface area contributed by atoms with Gasteiger partial charge in [0, 0.05) is 18.7 Å². The number of benzene rings is 1. The van der Waals surface area contributed by atoms with E-state index in [2.05, 4.69) is 5.32 Å². The molecule has 1 rings (SSSR count). The molecule has 0 saturated carbocycles. The minimum absolute atomic E-state index is 0.206. The minimum Gasteiger partial charge on any atom is -0.452 e. The maximum Gasteiger partial charge on any atom is 0.338 e. The lowest BCUT2D eigenvalue weighted by Gasteiger charge is -2.23. The van der Waals surface area contributed by atoms with Gasteiger partial charge in [-0.05, 0) is 32.9 Å². The Kier molecular flexibility index (Phi) is 6.39. The highest BCUT2D eigenvalue weighted by Crippen LogP contribution is 2.09. The number of likely N-dealkylation sites (N-methyl/N-ethyl adjacent to an activating group) is 1. The Balaban J connectivity index is 2.52. The Morgan fingerprint density at radius 3 is 2.17 bits per heavy atom. The van der Waals surface area contributed by atoms with E-state index >= 15 is 0 Å². The first-order valence-electron chi connectivity index (χ1n) is 7.16. The number of nitrogens with one attached hydrogen (secondary N) is 1. The zero-order valence-corrected chi connectivity index (χ0v) is 14.0. The standard InChI is InChI=1S/C16H20F2N2O4/c1-16(2,3)19-13(21)8-20(4)14(22)9-24-15(23)10-5-11(17)7-12(18)6-10/h5-7H,8-9H2,1-4H3,(H,19,21). The summed E-state index contributed by atoms with van der Waals surface area (Å²) >= 11 is 0. The predicted octanol–water partition coefficient (Wildman–Crippen LogP) is 1.49. The fourth-order valence-corrected chi connectivity index (χ4v) is 1.75. The normalized spacial score (nSPS) is 10.9. The highest BCUT2D eigenvalue weighted by atomic mass is 19.1. The van der Waals surface area contributed by atoms with E-state index in [9.17, 15) is 23.2 Å². The van der Waals surface area contributed by atoms with Crippen LogP contribution in [0, 0.1) is 11.6 Å². The minimum atomic E-state index is -1.03. The van der Waals surface area contributed by atoms with Crippen molar-refractivity contribution in [1.82, 2.24) is 10.2 Å². The van der Waals surface area contributed by atoms with Crippen molar-refractivity contribution in [3.63, 3.8) is 0 Å². The molecule has 0 aliphatic rings. The second kappa shape index (κ2) is 7.85. The Labute approximate surface area is 138 Å². The topological polar surface area (TPSA) is 75.7 Å². The van der Waals surface area contributed by atoms with Crippen molar-refractivity contribution < 1.29 is 27.9 Å². The Bertz CT molecular complexity index is 621. The van der Waals surface area contributed by atoms with E-state index in [1.165, 1.54) is 7.05 Å². The second-order valence-corrected chi connectivity index (χ2v) is 6.28. The van der Waals surface area contributed by atoms with Crippen molar-refractivity contribution in [2.75, 3.05) is 20.2 Å². The third-order valence-corrected chi connectivity index (χ3v) is 2.75. The largest absolute Gasteiger partial charge is 0.452 e. The molecule has 0 radical (unpaired) electrons. The van der Waals surface area contributed by atoms with Gasteiger partial charge in [0.15, 0.2) is 6.61 Å². The molecule has 8 heteroatoms. The summed E-state index contributed by atoms with van der Waals surface area (Å²) in [5, 5.41) is 2.68. The van der Waals surface area contributed by atoms with Crippen molar-refractivity contribution in [2.24, 2.45) is 0 Å². The SMILES string of the molecule is CN(CC(=O)NC(C)(C)C)C(=O)COC(=O)c1cc(F)cc(F)c1. The van der Waals surface area contributed by atoms with Crippen LogP contribution in [-0.2, 0) is 14.3 Å². The first-order chi connectivity index (χ1) is 11.0. The molecule has 0 unspecified atom stereocenters. The summed E-state index contributed by atoms with van der Waals surface area (Å²) < 4.78 is 30.8. The number of esters is 1. The average Bonchev–Trinajstić information content (AvgIpc) is 2.40. The summed E-state index contributed by atoms with van der Waals surface area (Å²) in [6.45, 7) is 4.55. The van der Waals surface area contributed by atoms with Crippen LogP contribution in [0.5, 0.6) is 0 Å². The summed E-state index contributed by atoms with van der Waals surface area (Å²) in [5.41, 5.74) is -0.775. The van der Waals surface area contributed by atoms with Gasteiger partial charge in [0.05, 0.1) is 12.1 Å². The van der Waals surface area contributed by atoms with Crippen LogP contribution >= 0.6 is 0 Å². The lowest BCUT2D eigenvalue weighted by molar-refractivity contribution is -0.137. The lowest BCUT2D eigenvalue weighted by Crippen LogP contribution is -2.46. The van der Waals surface area contributed by atoms with Crippen molar-refractivity contribution in [1.29, 1.82) is 0 Å². The zero-order valence-electron chi connectivity index (χ0n) is 14.0. The smallest absolute Gasteiger partial charge is 0.338 e. The molecule has 0 spiro atoms. The van der Waals surface area contributed by atoms with Gasteiger partial charge in [-0.3, -0.25) is 9.59 Å². The third kappa shape index (κ3) is 6.72. The van der Waals surface area contributed by atoms with E-state index in [1.807, 2.05) is 0 Å². The van der Waals surface area contributed by atoms with E-state index < -0.39 is 35.7 Å². The molecule has 1 N–H and O–H groups in total. The van der Waals surface area contributed by atoms with Gasteiger partial charge in [0.25, 0.3) is 5.91 Å².